The van der Waals surface area contributed by atoms with E-state index in [-0.39, 0.29) is 11.3 Å². The second-order valence-electron chi connectivity index (χ2n) is 5.69. The van der Waals surface area contributed by atoms with Gasteiger partial charge in [0.05, 0.1) is 4.90 Å². The molecule has 0 fully saturated rings. The van der Waals surface area contributed by atoms with E-state index in [0.29, 0.717) is 19.4 Å². The number of para-hydroxylation sites is 1. The second-order valence-corrected chi connectivity index (χ2v) is 7.45. The van der Waals surface area contributed by atoms with E-state index in [9.17, 15) is 22.0 Å². The first-order valence-corrected chi connectivity index (χ1v) is 9.64. The molecule has 2 rings (SSSR count). The van der Waals surface area contributed by atoms with Crippen molar-refractivity contribution in [1.29, 1.82) is 0 Å². The van der Waals surface area contributed by atoms with Crippen LogP contribution in [0.3, 0.4) is 0 Å². The van der Waals surface area contributed by atoms with Gasteiger partial charge in [-0.1, -0.05) is 25.1 Å². The van der Waals surface area contributed by atoms with Gasteiger partial charge in [-0.2, -0.15) is 0 Å². The Morgan fingerprint density at radius 2 is 1.65 bits per heavy atom. The maximum Gasteiger partial charge on any atom is 0.240 e. The summed E-state index contributed by atoms with van der Waals surface area (Å²) in [5, 5.41) is 2.21. The number of halogens is 2. The third-order valence-electron chi connectivity index (χ3n) is 3.64. The molecule has 140 valence electrons. The molecule has 26 heavy (non-hydrogen) atoms. The Hall–Kier alpha value is -2.32. The van der Waals surface area contributed by atoms with Gasteiger partial charge >= 0.3 is 0 Å². The fourth-order valence-electron chi connectivity index (χ4n) is 2.23. The minimum Gasteiger partial charge on any atom is -0.321 e. The summed E-state index contributed by atoms with van der Waals surface area (Å²) >= 11 is 0. The first-order chi connectivity index (χ1) is 12.3. The molecule has 0 saturated carbocycles. The number of nitrogens with one attached hydrogen (secondary N) is 2. The van der Waals surface area contributed by atoms with E-state index in [1.54, 1.807) is 12.1 Å². The van der Waals surface area contributed by atoms with Gasteiger partial charge < -0.3 is 5.32 Å². The van der Waals surface area contributed by atoms with Gasteiger partial charge in [-0.05, 0) is 42.7 Å². The molecule has 8 heteroatoms. The van der Waals surface area contributed by atoms with Crippen LogP contribution in [0.4, 0.5) is 14.5 Å². The van der Waals surface area contributed by atoms with Gasteiger partial charge in [0.2, 0.25) is 15.9 Å². The number of sulfonamides is 1. The fourth-order valence-corrected chi connectivity index (χ4v) is 3.37. The summed E-state index contributed by atoms with van der Waals surface area (Å²) < 4.78 is 53.5. The highest BCUT2D eigenvalue weighted by molar-refractivity contribution is 7.89. The predicted octanol–water partition coefficient (Wildman–Crippen LogP) is 3.22. The number of aryl methyl sites for hydroxylation is 1. The van der Waals surface area contributed by atoms with Gasteiger partial charge in [-0.25, -0.2) is 21.9 Å². The van der Waals surface area contributed by atoms with Gasteiger partial charge in [0.1, 0.15) is 17.3 Å². The van der Waals surface area contributed by atoms with Crippen LogP contribution in [0, 0.1) is 11.6 Å². The number of benzene rings is 2. The molecule has 0 heterocycles. The highest BCUT2D eigenvalue weighted by Crippen LogP contribution is 2.18. The van der Waals surface area contributed by atoms with Crippen molar-refractivity contribution in [2.75, 3.05) is 11.9 Å². The number of hydrogen-bond donors (Lipinski definition) is 2. The zero-order valence-electron chi connectivity index (χ0n) is 14.3. The molecule has 0 aromatic heterocycles. The van der Waals surface area contributed by atoms with E-state index < -0.39 is 33.3 Å². The largest absolute Gasteiger partial charge is 0.321 e. The first kappa shape index (κ1) is 20.0. The molecule has 2 aromatic rings. The van der Waals surface area contributed by atoms with Crippen LogP contribution in [0.1, 0.15) is 25.3 Å². The number of carbonyl (C=O) groups excluding carboxylic acids is 1. The predicted molar refractivity (Wildman–Crippen MR) is 95.2 cm³/mol. The molecule has 5 nitrogen and oxygen atoms in total. The van der Waals surface area contributed by atoms with E-state index in [1.807, 2.05) is 6.92 Å². The zero-order chi connectivity index (χ0) is 19.2. The Kier molecular flexibility index (Phi) is 6.82. The molecule has 0 saturated heterocycles. The normalized spacial score (nSPS) is 11.3. The van der Waals surface area contributed by atoms with Gasteiger partial charge in [0.25, 0.3) is 0 Å². The fraction of sp³-hybridized carbons (Fsp3) is 0.278. The Bertz CT molecular complexity index is 848. The lowest BCUT2D eigenvalue weighted by Gasteiger charge is -2.08. The molecule has 2 N–H and O–H groups in total. The molecule has 0 aliphatic rings. The third-order valence-corrected chi connectivity index (χ3v) is 5.12. The van der Waals surface area contributed by atoms with Crippen molar-refractivity contribution in [3.8, 4) is 0 Å². The van der Waals surface area contributed by atoms with Crippen molar-refractivity contribution in [2.45, 2.75) is 31.1 Å². The summed E-state index contributed by atoms with van der Waals surface area (Å²) in [7, 11) is -3.53. The molecule has 0 radical (unpaired) electrons. The first-order valence-electron chi connectivity index (χ1n) is 8.16. The highest BCUT2D eigenvalue weighted by atomic mass is 32.2. The molecule has 0 aliphatic heterocycles. The minimum atomic E-state index is -3.53. The Morgan fingerprint density at radius 1 is 1.04 bits per heavy atom. The average Bonchev–Trinajstić information content (AvgIpc) is 2.62. The number of amides is 1. The lowest BCUT2D eigenvalue weighted by atomic mass is 10.1. The quantitative estimate of drug-likeness (QED) is 0.736. The van der Waals surface area contributed by atoms with Crippen molar-refractivity contribution < 1.29 is 22.0 Å². The van der Waals surface area contributed by atoms with Gasteiger partial charge in [-0.3, -0.25) is 4.79 Å². The topological polar surface area (TPSA) is 75.3 Å². The molecule has 0 bridgehead atoms. The Labute approximate surface area is 151 Å². The second kappa shape index (κ2) is 8.86. The lowest BCUT2D eigenvalue weighted by molar-refractivity contribution is -0.116. The van der Waals surface area contributed by atoms with E-state index in [1.165, 1.54) is 18.2 Å². The van der Waals surface area contributed by atoms with Gasteiger partial charge in [0, 0.05) is 13.0 Å². The smallest absolute Gasteiger partial charge is 0.240 e. The van der Waals surface area contributed by atoms with Crippen LogP contribution in [0.5, 0.6) is 0 Å². The average molecular weight is 382 g/mol. The third kappa shape index (κ3) is 5.34. The van der Waals surface area contributed by atoms with Crippen molar-refractivity contribution in [2.24, 2.45) is 0 Å². The van der Waals surface area contributed by atoms with Crippen LogP contribution >= 0.6 is 0 Å². The van der Waals surface area contributed by atoms with Crippen molar-refractivity contribution in [3.63, 3.8) is 0 Å². The van der Waals surface area contributed by atoms with Crippen LogP contribution in [0.15, 0.2) is 47.4 Å². The van der Waals surface area contributed by atoms with Gasteiger partial charge in [-0.15, -0.1) is 0 Å². The molecular weight excluding hydrogens is 362 g/mol. The monoisotopic (exact) mass is 382 g/mol. The molecule has 1 amide bonds. The van der Waals surface area contributed by atoms with Crippen LogP contribution in [0.25, 0.3) is 0 Å². The highest BCUT2D eigenvalue weighted by Gasteiger charge is 2.14. The lowest BCUT2D eigenvalue weighted by Crippen LogP contribution is -2.24. The van der Waals surface area contributed by atoms with E-state index in [0.717, 1.165) is 17.7 Å². The Balaban J connectivity index is 1.94. The number of rotatable bonds is 8. The maximum atomic E-state index is 13.5. The van der Waals surface area contributed by atoms with Crippen LogP contribution in [0.2, 0.25) is 0 Å². The molecule has 0 unspecified atom stereocenters. The SMILES string of the molecule is CCCNS(=O)(=O)c1ccc(CCC(=O)Nc2c(F)cccc2F)cc1. The molecule has 0 spiro atoms. The molecular formula is C18H20F2N2O3S. The van der Waals surface area contributed by atoms with Gasteiger partial charge in [0.15, 0.2) is 0 Å². The minimum absolute atomic E-state index is 0.00789. The summed E-state index contributed by atoms with van der Waals surface area (Å²) in [6, 6.07) is 9.47. The Morgan fingerprint density at radius 3 is 2.23 bits per heavy atom. The number of hydrogen-bond acceptors (Lipinski definition) is 3. The van der Waals surface area contributed by atoms with E-state index >= 15 is 0 Å². The number of anilines is 1. The zero-order valence-corrected chi connectivity index (χ0v) is 15.1. The van der Waals surface area contributed by atoms with Crippen molar-refractivity contribution >= 4 is 21.6 Å². The summed E-state index contributed by atoms with van der Waals surface area (Å²) in [6.45, 7) is 2.22. The maximum absolute atomic E-state index is 13.5. The summed E-state index contributed by atoms with van der Waals surface area (Å²) in [4.78, 5) is 12.0. The summed E-state index contributed by atoms with van der Waals surface area (Å²) in [6.07, 6.45) is 1.01. The van der Waals surface area contributed by atoms with Crippen LogP contribution < -0.4 is 10.0 Å². The molecule has 0 atom stereocenters. The molecule has 0 aliphatic carbocycles. The van der Waals surface area contributed by atoms with Crippen LogP contribution in [-0.2, 0) is 21.2 Å². The van der Waals surface area contributed by atoms with Crippen molar-refractivity contribution in [1.82, 2.24) is 4.72 Å². The standard InChI is InChI=1S/C18H20F2N2O3S/c1-2-12-21-26(24,25)14-9-6-13(7-10-14)8-11-17(23)22-18-15(19)4-3-5-16(18)20/h3-7,9-10,21H,2,8,11-12H2,1H3,(H,22,23). The van der Waals surface area contributed by atoms with Crippen LogP contribution in [-0.4, -0.2) is 20.9 Å². The molecule has 2 aromatic carbocycles. The summed E-state index contributed by atoms with van der Waals surface area (Å²) in [5.41, 5.74) is 0.268. The number of carbonyl (C=O) groups is 1. The van der Waals surface area contributed by atoms with E-state index in [2.05, 4.69) is 10.0 Å². The van der Waals surface area contributed by atoms with E-state index in [4.69, 9.17) is 0 Å². The van der Waals surface area contributed by atoms with Crippen molar-refractivity contribution in [3.05, 3.63) is 59.7 Å². The summed E-state index contributed by atoms with van der Waals surface area (Å²) in [5.74, 6) is -2.21.